The monoisotopic (exact) mass is 793 g/mol. The van der Waals surface area contributed by atoms with Crippen LogP contribution in [0.4, 0.5) is 4.39 Å². The van der Waals surface area contributed by atoms with Gasteiger partial charge in [0.2, 0.25) is 5.91 Å². The molecule has 1 aliphatic heterocycles. The fraction of sp³-hybridized carbons (Fsp3) is 0.143. The lowest BCUT2D eigenvalue weighted by atomic mass is 9.99. The molecule has 1 heterocycles. The van der Waals surface area contributed by atoms with Gasteiger partial charge in [-0.1, -0.05) is 115 Å². The number of amides is 3. The number of amidine groups is 1. The van der Waals surface area contributed by atoms with E-state index in [1.807, 2.05) is 60.7 Å². The van der Waals surface area contributed by atoms with Gasteiger partial charge in [-0.25, -0.2) is 4.39 Å². The molecule has 53 heavy (non-hydrogen) atoms. The van der Waals surface area contributed by atoms with E-state index in [2.05, 4.69) is 32.8 Å². The molecule has 0 aliphatic carbocycles. The van der Waals surface area contributed by atoms with Crippen molar-refractivity contribution in [1.82, 2.24) is 10.2 Å². The van der Waals surface area contributed by atoms with Gasteiger partial charge >= 0.3 is 0 Å². The summed E-state index contributed by atoms with van der Waals surface area (Å²) in [5.74, 6) is -1.56. The standard InChI is InChI=1S/C42H37BrFN3O5S/c1-4-7-21-32(5-2)47-41(50)33(23-28-24-34(43)39(36(25-28)51-6-3)52-26-31-20-14-15-22-35(31)44)40(49)46-42(47)53-27-37(48)45-38(29-16-10-8-11-17-29)30-18-12-9-13-19-30/h4-5,7-25,38H,1,6,26-27H2,2-3H3,(H,45,48)/b21-7-,32-5+,33-23+. The zero-order valence-electron chi connectivity index (χ0n) is 29.1. The van der Waals surface area contributed by atoms with Crippen LogP contribution in [0, 0.1) is 5.82 Å². The third-order valence-corrected chi connectivity index (χ3v) is 9.41. The number of nitrogens with one attached hydrogen (secondary N) is 1. The summed E-state index contributed by atoms with van der Waals surface area (Å²) in [6.07, 6.45) is 8.02. The fourth-order valence-corrected chi connectivity index (χ4v) is 6.78. The molecule has 0 unspecified atom stereocenters. The first kappa shape index (κ1) is 38.7. The first-order valence-corrected chi connectivity index (χ1v) is 18.5. The van der Waals surface area contributed by atoms with Crippen molar-refractivity contribution < 1.29 is 28.2 Å². The lowest BCUT2D eigenvalue weighted by Crippen LogP contribution is -2.42. The highest BCUT2D eigenvalue weighted by Gasteiger charge is 2.35. The zero-order chi connectivity index (χ0) is 37.7. The molecule has 0 atom stereocenters. The second kappa shape index (κ2) is 18.8. The van der Waals surface area contributed by atoms with Gasteiger partial charge in [0.05, 0.1) is 22.9 Å². The summed E-state index contributed by atoms with van der Waals surface area (Å²) >= 11 is 4.50. The number of halogens is 2. The van der Waals surface area contributed by atoms with E-state index in [0.717, 1.165) is 22.9 Å². The van der Waals surface area contributed by atoms with Gasteiger partial charge < -0.3 is 14.8 Å². The SMILES string of the molecule is C=C/C=C\C(=C/C)N1C(=O)/C(=C/c2cc(Br)c(OCc3ccccc3F)c(OCC)c2)C(=O)N=C1SCC(=O)NC(c1ccccc1)c1ccccc1. The third-order valence-electron chi connectivity index (χ3n) is 7.89. The van der Waals surface area contributed by atoms with Gasteiger partial charge in [-0.2, -0.15) is 4.99 Å². The van der Waals surface area contributed by atoms with Gasteiger partial charge in [-0.3, -0.25) is 19.3 Å². The minimum absolute atomic E-state index is 0.0472. The first-order valence-electron chi connectivity index (χ1n) is 16.7. The molecule has 0 radical (unpaired) electrons. The first-order chi connectivity index (χ1) is 25.7. The number of carbonyl (C=O) groups is 3. The van der Waals surface area contributed by atoms with Crippen LogP contribution in [0.25, 0.3) is 6.08 Å². The number of allylic oxidation sites excluding steroid dienone is 4. The second-order valence-electron chi connectivity index (χ2n) is 11.5. The largest absolute Gasteiger partial charge is 0.490 e. The number of nitrogens with zero attached hydrogens (tertiary/aromatic N) is 2. The van der Waals surface area contributed by atoms with Gasteiger partial charge in [0.1, 0.15) is 18.0 Å². The zero-order valence-corrected chi connectivity index (χ0v) is 31.5. The number of thioether (sulfide) groups is 1. The predicted molar refractivity (Wildman–Crippen MR) is 212 cm³/mol. The van der Waals surface area contributed by atoms with Gasteiger partial charge in [-0.05, 0) is 76.8 Å². The van der Waals surface area contributed by atoms with Gasteiger partial charge in [0, 0.05) is 11.3 Å². The quantitative estimate of drug-likeness (QED) is 0.0778. The number of benzene rings is 4. The molecule has 0 spiro atoms. The molecule has 5 rings (SSSR count). The number of aliphatic imine (C=N–C) groups is 1. The Kier molecular flexibility index (Phi) is 13.7. The highest BCUT2D eigenvalue weighted by molar-refractivity contribution is 9.10. The summed E-state index contributed by atoms with van der Waals surface area (Å²) in [4.78, 5) is 46.8. The number of rotatable bonds is 14. The Morgan fingerprint density at radius 2 is 1.66 bits per heavy atom. The predicted octanol–water partition coefficient (Wildman–Crippen LogP) is 8.96. The van der Waals surface area contributed by atoms with Gasteiger partial charge in [0.15, 0.2) is 16.7 Å². The van der Waals surface area contributed by atoms with Crippen molar-refractivity contribution in [2.75, 3.05) is 12.4 Å². The Morgan fingerprint density at radius 1 is 1.00 bits per heavy atom. The number of ether oxygens (including phenoxy) is 2. The Bertz CT molecular complexity index is 2060. The number of carbonyl (C=O) groups excluding carboxylic acids is 3. The maximum Gasteiger partial charge on any atom is 0.285 e. The highest BCUT2D eigenvalue weighted by atomic mass is 79.9. The van der Waals surface area contributed by atoms with Crippen molar-refractivity contribution in [3.8, 4) is 11.5 Å². The molecular weight excluding hydrogens is 757 g/mol. The van der Waals surface area contributed by atoms with E-state index in [4.69, 9.17) is 9.47 Å². The molecule has 8 nitrogen and oxygen atoms in total. The van der Waals surface area contributed by atoms with Crippen LogP contribution < -0.4 is 14.8 Å². The van der Waals surface area contributed by atoms with Crippen LogP contribution in [0.3, 0.4) is 0 Å². The van der Waals surface area contributed by atoms with Crippen LogP contribution in [-0.4, -0.2) is 40.1 Å². The van der Waals surface area contributed by atoms with Crippen molar-refractivity contribution in [2.24, 2.45) is 4.99 Å². The Balaban J connectivity index is 1.43. The lowest BCUT2D eigenvalue weighted by molar-refractivity contribution is -0.126. The van der Waals surface area contributed by atoms with Crippen LogP contribution >= 0.6 is 27.7 Å². The van der Waals surface area contributed by atoms with Crippen molar-refractivity contribution in [3.63, 3.8) is 0 Å². The van der Waals surface area contributed by atoms with E-state index >= 15 is 0 Å². The number of hydrogen-bond acceptors (Lipinski definition) is 6. The molecule has 270 valence electrons. The number of hydrogen-bond donors (Lipinski definition) is 1. The topological polar surface area (TPSA) is 97.3 Å². The Labute approximate surface area is 320 Å². The van der Waals surface area contributed by atoms with Crippen molar-refractivity contribution in [3.05, 3.63) is 172 Å². The van der Waals surface area contributed by atoms with Gasteiger partial charge in [-0.15, -0.1) is 0 Å². The van der Waals surface area contributed by atoms with Crippen LogP contribution in [0.2, 0.25) is 0 Å². The summed E-state index contributed by atoms with van der Waals surface area (Å²) < 4.78 is 26.5. The minimum Gasteiger partial charge on any atom is -0.490 e. The highest BCUT2D eigenvalue weighted by Crippen LogP contribution is 2.39. The van der Waals surface area contributed by atoms with E-state index < -0.39 is 23.7 Å². The fourth-order valence-electron chi connectivity index (χ4n) is 5.40. The average Bonchev–Trinajstić information content (AvgIpc) is 3.16. The summed E-state index contributed by atoms with van der Waals surface area (Å²) in [5, 5.41) is 3.14. The second-order valence-corrected chi connectivity index (χ2v) is 13.3. The summed E-state index contributed by atoms with van der Waals surface area (Å²) in [5.41, 5.74) is 2.87. The average molecular weight is 795 g/mol. The van der Waals surface area contributed by atoms with Gasteiger partial charge in [0.25, 0.3) is 11.8 Å². The molecule has 0 bridgehead atoms. The normalized spacial score (nSPS) is 14.1. The van der Waals surface area contributed by atoms with Crippen LogP contribution in [-0.2, 0) is 21.0 Å². The molecular formula is C42H37BrFN3O5S. The maximum absolute atomic E-state index is 14.3. The smallest absolute Gasteiger partial charge is 0.285 e. The summed E-state index contributed by atoms with van der Waals surface area (Å²) in [6, 6.07) is 28.4. The van der Waals surface area contributed by atoms with Crippen molar-refractivity contribution >= 4 is 56.7 Å². The minimum atomic E-state index is -0.766. The molecule has 1 N–H and O–H groups in total. The van der Waals surface area contributed by atoms with Crippen molar-refractivity contribution in [1.29, 1.82) is 0 Å². The molecule has 0 aromatic heterocycles. The van der Waals surface area contributed by atoms with Crippen LogP contribution in [0.1, 0.15) is 42.1 Å². The lowest BCUT2D eigenvalue weighted by Gasteiger charge is -2.28. The Morgan fingerprint density at radius 3 is 2.28 bits per heavy atom. The van der Waals surface area contributed by atoms with E-state index in [1.165, 1.54) is 17.0 Å². The van der Waals surface area contributed by atoms with Crippen LogP contribution in [0.15, 0.2) is 149 Å². The summed E-state index contributed by atoms with van der Waals surface area (Å²) in [7, 11) is 0. The molecule has 1 aliphatic rings. The van der Waals surface area contributed by atoms with E-state index in [9.17, 15) is 18.8 Å². The van der Waals surface area contributed by atoms with E-state index in [0.29, 0.717) is 39.4 Å². The molecule has 4 aromatic carbocycles. The maximum atomic E-state index is 14.3. The van der Waals surface area contributed by atoms with E-state index in [1.54, 1.807) is 68.5 Å². The molecule has 0 saturated carbocycles. The molecule has 4 aromatic rings. The molecule has 11 heteroatoms. The van der Waals surface area contributed by atoms with Crippen LogP contribution in [0.5, 0.6) is 11.5 Å². The summed E-state index contributed by atoms with van der Waals surface area (Å²) in [6.45, 7) is 7.53. The molecule has 0 fully saturated rings. The third kappa shape index (κ3) is 9.88. The molecule has 3 amide bonds. The molecule has 0 saturated heterocycles. The van der Waals surface area contributed by atoms with Crippen molar-refractivity contribution in [2.45, 2.75) is 26.5 Å². The van der Waals surface area contributed by atoms with E-state index in [-0.39, 0.29) is 29.0 Å². The Hall–Kier alpha value is -5.52.